The lowest BCUT2D eigenvalue weighted by molar-refractivity contribution is -0.134. The summed E-state index contributed by atoms with van der Waals surface area (Å²) in [5.41, 5.74) is -0.590. The molecule has 0 spiro atoms. The number of nitrogens with zero attached hydrogens (tertiary/aromatic N) is 3. The van der Waals surface area contributed by atoms with Gasteiger partial charge in [0.15, 0.2) is 0 Å². The summed E-state index contributed by atoms with van der Waals surface area (Å²) in [6.07, 6.45) is -0.687. The lowest BCUT2D eigenvalue weighted by Crippen LogP contribution is -2.55. The molecule has 0 aromatic heterocycles. The quantitative estimate of drug-likeness (QED) is 0.781. The van der Waals surface area contributed by atoms with Gasteiger partial charge in [0.05, 0.1) is 10.5 Å². The lowest BCUT2D eigenvalue weighted by atomic mass is 10.2. The number of rotatable bonds is 4. The molecule has 10 heteroatoms. The summed E-state index contributed by atoms with van der Waals surface area (Å²) in [7, 11) is -3.83. The molecular formula is C19H26N4O5S. The van der Waals surface area contributed by atoms with Crippen molar-refractivity contribution in [3.8, 4) is 6.07 Å². The molecule has 9 nitrogen and oxygen atoms in total. The van der Waals surface area contributed by atoms with Gasteiger partial charge in [-0.25, -0.2) is 13.2 Å². The Kier molecular flexibility index (Phi) is 6.87. The van der Waals surface area contributed by atoms with E-state index in [1.165, 1.54) is 21.3 Å². The number of nitriles is 1. The lowest BCUT2D eigenvalue weighted by Gasteiger charge is -2.35. The first-order valence-electron chi connectivity index (χ1n) is 9.23. The fourth-order valence-electron chi connectivity index (χ4n) is 2.89. The van der Waals surface area contributed by atoms with E-state index >= 15 is 0 Å². The Morgan fingerprint density at radius 2 is 1.76 bits per heavy atom. The molecule has 1 aromatic carbocycles. The van der Waals surface area contributed by atoms with E-state index in [4.69, 9.17) is 10.00 Å². The standard InChI is InChI=1S/C19H26N4O5S/c1-14(21-18(25)28-19(2,3)4)17(24)22-9-11-23(12-10-22)29(26,27)16-8-6-5-7-15(16)13-20/h5-8,14H,9-12H2,1-4H3,(H,21,25)/t14-/m1/s1. The third-order valence-electron chi connectivity index (χ3n) is 4.28. The van der Waals surface area contributed by atoms with E-state index in [1.54, 1.807) is 39.8 Å². The molecule has 1 fully saturated rings. The highest BCUT2D eigenvalue weighted by atomic mass is 32.2. The maximum atomic E-state index is 12.9. The average molecular weight is 423 g/mol. The number of hydrogen-bond donors (Lipinski definition) is 1. The minimum Gasteiger partial charge on any atom is -0.444 e. The van der Waals surface area contributed by atoms with Crippen molar-refractivity contribution in [3.63, 3.8) is 0 Å². The predicted molar refractivity (Wildman–Crippen MR) is 105 cm³/mol. The summed E-state index contributed by atoms with van der Waals surface area (Å²) >= 11 is 0. The molecular weight excluding hydrogens is 396 g/mol. The molecule has 1 atom stereocenters. The van der Waals surface area contributed by atoms with Gasteiger partial charge in [0, 0.05) is 26.2 Å². The van der Waals surface area contributed by atoms with E-state index in [0.717, 1.165) is 0 Å². The fraction of sp³-hybridized carbons (Fsp3) is 0.526. The van der Waals surface area contributed by atoms with Crippen molar-refractivity contribution in [2.24, 2.45) is 0 Å². The molecule has 1 heterocycles. The van der Waals surface area contributed by atoms with E-state index in [-0.39, 0.29) is 42.5 Å². The van der Waals surface area contributed by atoms with Gasteiger partial charge in [-0.05, 0) is 39.8 Å². The average Bonchev–Trinajstić information content (AvgIpc) is 2.65. The number of nitrogens with one attached hydrogen (secondary N) is 1. The monoisotopic (exact) mass is 422 g/mol. The van der Waals surface area contributed by atoms with Crippen LogP contribution in [0, 0.1) is 11.3 Å². The summed E-state index contributed by atoms with van der Waals surface area (Å²) in [6.45, 7) is 7.31. The molecule has 2 amide bonds. The van der Waals surface area contributed by atoms with Crippen LogP contribution in [-0.4, -0.2) is 67.4 Å². The van der Waals surface area contributed by atoms with Crippen molar-refractivity contribution >= 4 is 22.0 Å². The van der Waals surface area contributed by atoms with E-state index < -0.39 is 27.8 Å². The topological polar surface area (TPSA) is 120 Å². The molecule has 0 unspecified atom stereocenters. The smallest absolute Gasteiger partial charge is 0.408 e. The van der Waals surface area contributed by atoms with E-state index in [1.807, 2.05) is 6.07 Å². The Labute approximate surface area is 171 Å². The van der Waals surface area contributed by atoms with Crippen molar-refractivity contribution in [1.29, 1.82) is 5.26 Å². The summed E-state index contributed by atoms with van der Waals surface area (Å²) in [6, 6.07) is 7.12. The summed E-state index contributed by atoms with van der Waals surface area (Å²) in [4.78, 5) is 25.9. The van der Waals surface area contributed by atoms with Crippen LogP contribution in [0.15, 0.2) is 29.2 Å². The second-order valence-corrected chi connectivity index (χ2v) is 9.61. The molecule has 1 aromatic rings. The van der Waals surface area contributed by atoms with Crippen LogP contribution in [0.3, 0.4) is 0 Å². The van der Waals surface area contributed by atoms with Crippen LogP contribution in [-0.2, 0) is 19.6 Å². The van der Waals surface area contributed by atoms with E-state index in [0.29, 0.717) is 0 Å². The van der Waals surface area contributed by atoms with Gasteiger partial charge in [0.25, 0.3) is 0 Å². The summed E-state index contributed by atoms with van der Waals surface area (Å²) < 4.78 is 32.1. The Morgan fingerprint density at radius 1 is 1.17 bits per heavy atom. The number of sulfonamides is 1. The summed E-state index contributed by atoms with van der Waals surface area (Å²) in [5.74, 6) is -0.315. The first-order valence-corrected chi connectivity index (χ1v) is 10.7. The molecule has 0 aliphatic carbocycles. The molecule has 0 saturated carbocycles. The first-order chi connectivity index (χ1) is 13.5. The van der Waals surface area contributed by atoms with Crippen molar-refractivity contribution in [1.82, 2.24) is 14.5 Å². The SMILES string of the molecule is C[C@@H](NC(=O)OC(C)(C)C)C(=O)N1CCN(S(=O)(=O)c2ccccc2C#N)CC1. The third kappa shape index (κ3) is 5.68. The van der Waals surface area contributed by atoms with E-state index in [9.17, 15) is 18.0 Å². The van der Waals surface area contributed by atoms with E-state index in [2.05, 4.69) is 5.32 Å². The number of hydrogen-bond acceptors (Lipinski definition) is 6. The number of carbonyl (C=O) groups is 2. The Hall–Kier alpha value is -2.64. The molecule has 1 aliphatic heterocycles. The minimum absolute atomic E-state index is 0.0396. The first kappa shape index (κ1) is 22.6. The van der Waals surface area contributed by atoms with Gasteiger partial charge in [-0.3, -0.25) is 4.79 Å². The van der Waals surface area contributed by atoms with Crippen LogP contribution in [0.2, 0.25) is 0 Å². The molecule has 1 saturated heterocycles. The number of carbonyl (C=O) groups excluding carboxylic acids is 2. The van der Waals surface area contributed by atoms with Crippen LogP contribution in [0.25, 0.3) is 0 Å². The van der Waals surface area contributed by atoms with Crippen molar-refractivity contribution in [2.75, 3.05) is 26.2 Å². The van der Waals surface area contributed by atoms with Gasteiger partial charge in [0.1, 0.15) is 17.7 Å². The van der Waals surface area contributed by atoms with Crippen molar-refractivity contribution in [2.45, 2.75) is 44.2 Å². The summed E-state index contributed by atoms with van der Waals surface area (Å²) in [5, 5.41) is 11.7. The third-order valence-corrected chi connectivity index (χ3v) is 6.24. The number of alkyl carbamates (subject to hydrolysis) is 1. The molecule has 1 N–H and O–H groups in total. The molecule has 0 bridgehead atoms. The van der Waals surface area contributed by atoms with Gasteiger partial charge in [-0.1, -0.05) is 12.1 Å². The van der Waals surface area contributed by atoms with Crippen LogP contribution >= 0.6 is 0 Å². The number of ether oxygens (including phenoxy) is 1. The van der Waals surface area contributed by atoms with Crippen molar-refractivity contribution in [3.05, 3.63) is 29.8 Å². The second-order valence-electron chi connectivity index (χ2n) is 7.71. The zero-order valence-electron chi connectivity index (χ0n) is 17.0. The predicted octanol–water partition coefficient (Wildman–Crippen LogP) is 1.30. The molecule has 29 heavy (non-hydrogen) atoms. The number of benzene rings is 1. The maximum Gasteiger partial charge on any atom is 0.408 e. The van der Waals surface area contributed by atoms with Gasteiger partial charge in [-0.2, -0.15) is 9.57 Å². The zero-order valence-corrected chi connectivity index (χ0v) is 17.8. The van der Waals surface area contributed by atoms with Crippen LogP contribution in [0.1, 0.15) is 33.3 Å². The second kappa shape index (κ2) is 8.80. The minimum atomic E-state index is -3.83. The highest BCUT2D eigenvalue weighted by molar-refractivity contribution is 7.89. The van der Waals surface area contributed by atoms with Crippen LogP contribution < -0.4 is 5.32 Å². The highest BCUT2D eigenvalue weighted by Crippen LogP contribution is 2.21. The van der Waals surface area contributed by atoms with Gasteiger partial charge >= 0.3 is 6.09 Å². The Morgan fingerprint density at radius 3 is 2.31 bits per heavy atom. The Bertz CT molecular complexity index is 909. The highest BCUT2D eigenvalue weighted by Gasteiger charge is 2.33. The van der Waals surface area contributed by atoms with Gasteiger partial charge < -0.3 is 15.0 Å². The molecule has 2 rings (SSSR count). The fourth-order valence-corrected chi connectivity index (χ4v) is 4.46. The Balaban J connectivity index is 1.98. The van der Waals surface area contributed by atoms with Crippen LogP contribution in [0.5, 0.6) is 0 Å². The van der Waals surface area contributed by atoms with Gasteiger partial charge in [0.2, 0.25) is 15.9 Å². The number of amides is 2. The van der Waals surface area contributed by atoms with Crippen LogP contribution in [0.4, 0.5) is 4.79 Å². The van der Waals surface area contributed by atoms with Crippen molar-refractivity contribution < 1.29 is 22.7 Å². The maximum absolute atomic E-state index is 12.9. The zero-order chi connectivity index (χ0) is 21.8. The normalized spacial score (nSPS) is 16.6. The molecule has 158 valence electrons. The molecule has 0 radical (unpaired) electrons. The molecule has 1 aliphatic rings. The number of piperazine rings is 1. The largest absolute Gasteiger partial charge is 0.444 e. The van der Waals surface area contributed by atoms with Gasteiger partial charge in [-0.15, -0.1) is 0 Å².